The summed E-state index contributed by atoms with van der Waals surface area (Å²) in [6.45, 7) is 6.95. The first-order chi connectivity index (χ1) is 15.0. The molecule has 4 heterocycles. The van der Waals surface area contributed by atoms with Crippen molar-refractivity contribution in [3.63, 3.8) is 0 Å². The standard InChI is InChI=1S/C22H26ClFN6O/c1-14-25-21(29-10-8-28(2)9-11-29)19-22(26-14)30(15-6-12-31-13-7-15)20(27-19)16-4-3-5-17(24)18(16)23/h3-5,15H,6-13H2,1-2H3. The number of hydrogen-bond acceptors (Lipinski definition) is 6. The van der Waals surface area contributed by atoms with Crippen molar-refractivity contribution in [1.29, 1.82) is 0 Å². The second kappa shape index (κ2) is 8.33. The number of halogens is 2. The Balaban J connectivity index is 1.73. The lowest BCUT2D eigenvalue weighted by Gasteiger charge is -2.33. The van der Waals surface area contributed by atoms with Gasteiger partial charge in [-0.25, -0.2) is 19.3 Å². The van der Waals surface area contributed by atoms with E-state index in [0.717, 1.165) is 56.0 Å². The van der Waals surface area contributed by atoms with E-state index < -0.39 is 5.82 Å². The quantitative estimate of drug-likeness (QED) is 0.614. The number of rotatable bonds is 3. The van der Waals surface area contributed by atoms with E-state index in [1.807, 2.05) is 13.0 Å². The zero-order valence-electron chi connectivity index (χ0n) is 17.8. The molecule has 0 saturated carbocycles. The molecule has 9 heteroatoms. The van der Waals surface area contributed by atoms with Crippen molar-refractivity contribution < 1.29 is 9.13 Å². The number of ether oxygens (including phenoxy) is 1. The lowest BCUT2D eigenvalue weighted by atomic mass is 10.1. The van der Waals surface area contributed by atoms with Gasteiger partial charge in [-0.3, -0.25) is 0 Å². The second-order valence-electron chi connectivity index (χ2n) is 8.31. The minimum atomic E-state index is -0.452. The molecule has 3 aromatic rings. The highest BCUT2D eigenvalue weighted by molar-refractivity contribution is 6.33. The number of nitrogens with zero attached hydrogens (tertiary/aromatic N) is 6. The van der Waals surface area contributed by atoms with Gasteiger partial charge in [0.15, 0.2) is 17.0 Å². The van der Waals surface area contributed by atoms with E-state index in [2.05, 4.69) is 21.4 Å². The van der Waals surface area contributed by atoms with Gasteiger partial charge >= 0.3 is 0 Å². The maximum atomic E-state index is 14.3. The molecule has 31 heavy (non-hydrogen) atoms. The molecule has 0 radical (unpaired) electrons. The van der Waals surface area contributed by atoms with Crippen LogP contribution in [0.2, 0.25) is 5.02 Å². The first-order valence-electron chi connectivity index (χ1n) is 10.7. The normalized spacial score (nSPS) is 18.8. The Morgan fingerprint density at radius 3 is 2.55 bits per heavy atom. The number of imidazole rings is 1. The van der Waals surface area contributed by atoms with Crippen LogP contribution in [0.5, 0.6) is 0 Å². The smallest absolute Gasteiger partial charge is 0.166 e. The van der Waals surface area contributed by atoms with Crippen molar-refractivity contribution in [2.75, 3.05) is 51.3 Å². The monoisotopic (exact) mass is 444 g/mol. The Morgan fingerprint density at radius 1 is 1.06 bits per heavy atom. The predicted octanol–water partition coefficient (Wildman–Crippen LogP) is 3.70. The van der Waals surface area contributed by atoms with Crippen LogP contribution >= 0.6 is 11.6 Å². The third-order valence-electron chi connectivity index (χ3n) is 6.18. The third-order valence-corrected chi connectivity index (χ3v) is 6.57. The molecule has 7 nitrogen and oxygen atoms in total. The van der Waals surface area contributed by atoms with E-state index >= 15 is 0 Å². The number of likely N-dealkylation sites (N-methyl/N-ethyl adjacent to an activating group) is 1. The Morgan fingerprint density at radius 2 is 1.81 bits per heavy atom. The van der Waals surface area contributed by atoms with Crippen LogP contribution in [0.15, 0.2) is 18.2 Å². The number of anilines is 1. The van der Waals surface area contributed by atoms with Crippen LogP contribution in [0, 0.1) is 12.7 Å². The van der Waals surface area contributed by atoms with Gasteiger partial charge in [0.25, 0.3) is 0 Å². The maximum Gasteiger partial charge on any atom is 0.166 e. The molecule has 2 aliphatic heterocycles. The van der Waals surface area contributed by atoms with Crippen LogP contribution in [-0.4, -0.2) is 70.9 Å². The molecule has 2 aliphatic rings. The van der Waals surface area contributed by atoms with Crippen molar-refractivity contribution in [2.45, 2.75) is 25.8 Å². The highest BCUT2D eigenvalue weighted by atomic mass is 35.5. The van der Waals surface area contributed by atoms with Gasteiger partial charge in [-0.05, 0) is 38.9 Å². The van der Waals surface area contributed by atoms with Crippen molar-refractivity contribution in [2.24, 2.45) is 0 Å². The molecule has 0 aliphatic carbocycles. The summed E-state index contributed by atoms with van der Waals surface area (Å²) >= 11 is 6.40. The van der Waals surface area contributed by atoms with E-state index in [-0.39, 0.29) is 11.1 Å². The van der Waals surface area contributed by atoms with Gasteiger partial charge in [0.1, 0.15) is 17.5 Å². The number of hydrogen-bond donors (Lipinski definition) is 0. The first kappa shape index (κ1) is 20.6. The average Bonchev–Trinajstić information content (AvgIpc) is 3.15. The summed E-state index contributed by atoms with van der Waals surface area (Å²) in [6, 6.07) is 5.01. The zero-order chi connectivity index (χ0) is 21.5. The van der Waals surface area contributed by atoms with Gasteiger partial charge in [0.05, 0.1) is 5.02 Å². The molecule has 0 bridgehead atoms. The molecule has 0 amide bonds. The van der Waals surface area contributed by atoms with E-state index in [9.17, 15) is 4.39 Å². The van der Waals surface area contributed by atoms with Gasteiger partial charge in [0, 0.05) is 51.0 Å². The van der Waals surface area contributed by atoms with Gasteiger partial charge < -0.3 is 19.1 Å². The Kier molecular flexibility index (Phi) is 5.54. The van der Waals surface area contributed by atoms with Crippen molar-refractivity contribution >= 4 is 28.6 Å². The first-order valence-corrected chi connectivity index (χ1v) is 11.1. The lowest BCUT2D eigenvalue weighted by Crippen LogP contribution is -2.45. The average molecular weight is 445 g/mol. The predicted molar refractivity (Wildman–Crippen MR) is 119 cm³/mol. The van der Waals surface area contributed by atoms with Crippen LogP contribution in [0.25, 0.3) is 22.6 Å². The Labute approximate surface area is 185 Å². The summed E-state index contributed by atoms with van der Waals surface area (Å²) in [5.41, 5.74) is 2.11. The van der Waals surface area contributed by atoms with Crippen LogP contribution in [0.1, 0.15) is 24.7 Å². The molecule has 2 saturated heterocycles. The second-order valence-corrected chi connectivity index (χ2v) is 8.69. The molecule has 164 valence electrons. The SMILES string of the molecule is Cc1nc(N2CCN(C)CC2)c2nc(-c3cccc(F)c3Cl)n(C3CCOCC3)c2n1. The molecule has 0 N–H and O–H groups in total. The van der Waals surface area contributed by atoms with Gasteiger partial charge in [0.2, 0.25) is 0 Å². The van der Waals surface area contributed by atoms with E-state index in [1.54, 1.807) is 6.07 Å². The van der Waals surface area contributed by atoms with Crippen molar-refractivity contribution in [3.8, 4) is 11.4 Å². The van der Waals surface area contributed by atoms with E-state index in [0.29, 0.717) is 30.4 Å². The number of aromatic nitrogens is 4. The fourth-order valence-electron chi connectivity index (χ4n) is 4.46. The molecule has 0 spiro atoms. The molecule has 5 rings (SSSR count). The van der Waals surface area contributed by atoms with Gasteiger partial charge in [-0.2, -0.15) is 0 Å². The molecule has 2 aromatic heterocycles. The molecular weight excluding hydrogens is 419 g/mol. The highest BCUT2D eigenvalue weighted by Gasteiger charge is 2.28. The minimum absolute atomic E-state index is 0.0805. The minimum Gasteiger partial charge on any atom is -0.381 e. The third kappa shape index (κ3) is 3.77. The van der Waals surface area contributed by atoms with Crippen molar-refractivity contribution in [3.05, 3.63) is 34.9 Å². The molecular formula is C22H26ClFN6O. The Bertz CT molecular complexity index is 1110. The number of aryl methyl sites for hydroxylation is 1. The van der Waals surface area contributed by atoms with Crippen LogP contribution < -0.4 is 4.90 Å². The maximum absolute atomic E-state index is 14.3. The zero-order valence-corrected chi connectivity index (χ0v) is 18.6. The summed E-state index contributed by atoms with van der Waals surface area (Å²) in [5.74, 6) is 1.73. The fraction of sp³-hybridized carbons (Fsp3) is 0.500. The summed E-state index contributed by atoms with van der Waals surface area (Å²) < 4.78 is 22.1. The topological polar surface area (TPSA) is 59.3 Å². The van der Waals surface area contributed by atoms with E-state index in [4.69, 9.17) is 31.3 Å². The highest BCUT2D eigenvalue weighted by Crippen LogP contribution is 2.38. The lowest BCUT2D eigenvalue weighted by molar-refractivity contribution is 0.0708. The van der Waals surface area contributed by atoms with Gasteiger partial charge in [-0.1, -0.05) is 17.7 Å². The summed E-state index contributed by atoms with van der Waals surface area (Å²) in [5, 5.41) is 0.0805. The number of fused-ring (bicyclic) bond motifs is 1. The summed E-state index contributed by atoms with van der Waals surface area (Å²) in [4.78, 5) is 19.1. The molecule has 2 fully saturated rings. The van der Waals surface area contributed by atoms with Crippen LogP contribution in [0.3, 0.4) is 0 Å². The summed E-state index contributed by atoms with van der Waals surface area (Å²) in [6.07, 6.45) is 1.69. The Hall–Kier alpha value is -2.29. The van der Waals surface area contributed by atoms with E-state index in [1.165, 1.54) is 6.07 Å². The molecule has 1 aromatic carbocycles. The molecule has 0 atom stereocenters. The van der Waals surface area contributed by atoms with Crippen molar-refractivity contribution in [1.82, 2.24) is 24.4 Å². The number of benzene rings is 1. The van der Waals surface area contributed by atoms with Gasteiger partial charge in [-0.15, -0.1) is 0 Å². The van der Waals surface area contributed by atoms with Crippen LogP contribution in [-0.2, 0) is 4.74 Å². The van der Waals surface area contributed by atoms with Crippen LogP contribution in [0.4, 0.5) is 10.2 Å². The molecule has 0 unspecified atom stereocenters. The number of piperazine rings is 1. The fourth-order valence-corrected chi connectivity index (χ4v) is 4.67. The summed E-state index contributed by atoms with van der Waals surface area (Å²) in [7, 11) is 2.13. The largest absolute Gasteiger partial charge is 0.381 e.